The molecule has 0 spiro atoms. The number of piperidine rings is 1. The first-order valence-electron chi connectivity index (χ1n) is 14.5. The second kappa shape index (κ2) is 14.7. The van der Waals surface area contributed by atoms with Crippen molar-refractivity contribution in [2.24, 2.45) is 5.92 Å². The Morgan fingerprint density at radius 3 is 2.25 bits per heavy atom. The minimum atomic E-state index is -4.76. The van der Waals surface area contributed by atoms with Gasteiger partial charge in [-0.25, -0.2) is 14.8 Å². The van der Waals surface area contributed by atoms with Gasteiger partial charge in [-0.2, -0.15) is 18.4 Å². The summed E-state index contributed by atoms with van der Waals surface area (Å²) in [4.78, 5) is 46.1. The zero-order valence-electron chi connectivity index (χ0n) is 24.1. The molecule has 4 N–H and O–H groups in total. The molecule has 0 saturated carbocycles. The quantitative estimate of drug-likeness (QED) is 0.281. The zero-order valence-corrected chi connectivity index (χ0v) is 24.1. The largest absolute Gasteiger partial charge is 0.481 e. The standard InChI is InChI=1S/C29H35F3N8O4/c30-29(31,32)27-37-23(39-14-8-20(9-15-39)6-12-35-28(44)36-13-7-25(41)42)17-24(38-27)40-16-10-22(40)26(43)34-11-5-19-1-3-21(18-33)4-2-19/h1-4,17,20,22H,5-16H2,(H,34,43)(H,41,42)(H2,35,36,44)/t22-/m0/s1. The van der Waals surface area contributed by atoms with Crippen LogP contribution in [0.1, 0.15) is 49.1 Å². The van der Waals surface area contributed by atoms with Crippen molar-refractivity contribution < 1.29 is 32.7 Å². The number of aromatic nitrogens is 2. The van der Waals surface area contributed by atoms with Gasteiger partial charge in [-0.05, 0) is 55.7 Å². The van der Waals surface area contributed by atoms with Gasteiger partial charge in [0.2, 0.25) is 11.7 Å². The number of urea groups is 1. The molecule has 1 atom stereocenters. The average molecular weight is 617 g/mol. The van der Waals surface area contributed by atoms with Gasteiger partial charge < -0.3 is 30.9 Å². The molecule has 0 unspecified atom stereocenters. The van der Waals surface area contributed by atoms with Crippen LogP contribution in [0.4, 0.5) is 29.6 Å². The normalized spacial score (nSPS) is 16.9. The molecule has 1 aromatic carbocycles. The summed E-state index contributed by atoms with van der Waals surface area (Å²) >= 11 is 0. The summed E-state index contributed by atoms with van der Waals surface area (Å²) in [6.45, 7) is 2.11. The van der Waals surface area contributed by atoms with Gasteiger partial charge in [0.25, 0.3) is 0 Å². The molecule has 44 heavy (non-hydrogen) atoms. The van der Waals surface area contributed by atoms with Gasteiger partial charge in [-0.3, -0.25) is 9.59 Å². The van der Waals surface area contributed by atoms with Crippen LogP contribution in [0.25, 0.3) is 0 Å². The molecule has 0 aliphatic carbocycles. The second-order valence-electron chi connectivity index (χ2n) is 10.8. The number of nitriles is 1. The molecule has 2 aromatic rings. The molecule has 12 nitrogen and oxygen atoms in total. The molecule has 2 aliphatic rings. The summed E-state index contributed by atoms with van der Waals surface area (Å²) in [7, 11) is 0. The Bertz CT molecular complexity index is 1360. The number of carboxylic acid groups (broad SMARTS) is 1. The second-order valence-corrected chi connectivity index (χ2v) is 10.8. The van der Waals surface area contributed by atoms with E-state index < -0.39 is 30.0 Å². The number of carbonyl (C=O) groups excluding carboxylic acids is 2. The van der Waals surface area contributed by atoms with Crippen molar-refractivity contribution in [3.8, 4) is 6.07 Å². The summed E-state index contributed by atoms with van der Waals surface area (Å²) in [5.41, 5.74) is 1.49. The fourth-order valence-electron chi connectivity index (χ4n) is 5.17. The van der Waals surface area contributed by atoms with Crippen molar-refractivity contribution in [1.29, 1.82) is 5.26 Å². The van der Waals surface area contributed by atoms with E-state index >= 15 is 0 Å². The smallest absolute Gasteiger partial charge is 0.451 e. The third-order valence-electron chi connectivity index (χ3n) is 7.77. The number of alkyl halides is 3. The number of hydrogen-bond donors (Lipinski definition) is 4. The Kier molecular flexibility index (Phi) is 10.8. The minimum absolute atomic E-state index is 0.0309. The van der Waals surface area contributed by atoms with E-state index in [1.54, 1.807) is 21.9 Å². The lowest BCUT2D eigenvalue weighted by atomic mass is 9.93. The van der Waals surface area contributed by atoms with E-state index in [1.165, 1.54) is 6.07 Å². The van der Waals surface area contributed by atoms with Crippen molar-refractivity contribution in [3.63, 3.8) is 0 Å². The summed E-state index contributed by atoms with van der Waals surface area (Å²) in [6, 6.07) is 9.50. The molecule has 3 heterocycles. The Labute approximate surface area is 252 Å². The number of nitrogens with one attached hydrogen (secondary N) is 3. The lowest BCUT2D eigenvalue weighted by Gasteiger charge is -2.41. The molecule has 2 saturated heterocycles. The lowest BCUT2D eigenvalue weighted by molar-refractivity contribution is -0.144. The van der Waals surface area contributed by atoms with E-state index in [4.69, 9.17) is 10.4 Å². The first kappa shape index (κ1) is 32.3. The van der Waals surface area contributed by atoms with Crippen LogP contribution in [-0.4, -0.2) is 78.3 Å². The van der Waals surface area contributed by atoms with Gasteiger partial charge in [0.15, 0.2) is 0 Å². The first-order valence-corrected chi connectivity index (χ1v) is 14.5. The third kappa shape index (κ3) is 8.95. The summed E-state index contributed by atoms with van der Waals surface area (Å²) in [6.07, 6.45) is -1.83. The zero-order chi connectivity index (χ0) is 31.7. The van der Waals surface area contributed by atoms with Crippen LogP contribution >= 0.6 is 0 Å². The fourth-order valence-corrected chi connectivity index (χ4v) is 5.17. The highest BCUT2D eigenvalue weighted by atomic mass is 19.4. The summed E-state index contributed by atoms with van der Waals surface area (Å²) in [5.74, 6) is -2.08. The van der Waals surface area contributed by atoms with Gasteiger partial charge in [0, 0.05) is 45.3 Å². The van der Waals surface area contributed by atoms with Crippen LogP contribution < -0.4 is 25.8 Å². The monoisotopic (exact) mass is 616 g/mol. The highest BCUT2D eigenvalue weighted by molar-refractivity contribution is 5.86. The molecule has 4 rings (SSSR count). The summed E-state index contributed by atoms with van der Waals surface area (Å²) < 4.78 is 41.4. The maximum absolute atomic E-state index is 13.8. The topological polar surface area (TPSA) is 164 Å². The minimum Gasteiger partial charge on any atom is -0.481 e. The molecular weight excluding hydrogens is 581 g/mol. The Morgan fingerprint density at radius 1 is 0.955 bits per heavy atom. The van der Waals surface area contributed by atoms with E-state index in [0.717, 1.165) is 5.56 Å². The molecule has 2 aliphatic heterocycles. The van der Waals surface area contributed by atoms with Crippen molar-refractivity contribution in [1.82, 2.24) is 25.9 Å². The predicted octanol–water partition coefficient (Wildman–Crippen LogP) is 2.69. The van der Waals surface area contributed by atoms with Crippen LogP contribution in [0.5, 0.6) is 0 Å². The van der Waals surface area contributed by atoms with Gasteiger partial charge >= 0.3 is 18.2 Å². The van der Waals surface area contributed by atoms with E-state index in [2.05, 4.69) is 32.0 Å². The number of benzene rings is 1. The maximum Gasteiger partial charge on any atom is 0.451 e. The predicted molar refractivity (Wildman–Crippen MR) is 154 cm³/mol. The van der Waals surface area contributed by atoms with E-state index in [-0.39, 0.29) is 36.4 Å². The van der Waals surface area contributed by atoms with Crippen LogP contribution in [-0.2, 0) is 22.2 Å². The molecule has 15 heteroatoms. The lowest BCUT2D eigenvalue weighted by Crippen LogP contribution is -2.57. The van der Waals surface area contributed by atoms with Gasteiger partial charge in [-0.15, -0.1) is 0 Å². The van der Waals surface area contributed by atoms with Gasteiger partial charge in [0.05, 0.1) is 18.1 Å². The molecule has 0 radical (unpaired) electrons. The van der Waals surface area contributed by atoms with Crippen LogP contribution in [0, 0.1) is 17.2 Å². The molecular formula is C29H35F3N8O4. The van der Waals surface area contributed by atoms with Crippen LogP contribution in [0.3, 0.4) is 0 Å². The van der Waals surface area contributed by atoms with Crippen molar-refractivity contribution in [3.05, 3.63) is 47.3 Å². The number of carboxylic acids is 1. The van der Waals surface area contributed by atoms with E-state index in [1.807, 2.05) is 12.1 Å². The van der Waals surface area contributed by atoms with Crippen LogP contribution in [0.2, 0.25) is 0 Å². The van der Waals surface area contributed by atoms with Gasteiger partial charge in [-0.1, -0.05) is 12.1 Å². The molecule has 2 fully saturated rings. The number of rotatable bonds is 12. The van der Waals surface area contributed by atoms with Crippen molar-refractivity contribution in [2.75, 3.05) is 49.1 Å². The van der Waals surface area contributed by atoms with E-state index in [0.29, 0.717) is 70.4 Å². The SMILES string of the molecule is N#Cc1ccc(CCNC(=O)[C@@H]2CCN2c2cc(N3CCC(CCNC(=O)NCCC(=O)O)CC3)nc(C(F)(F)F)n2)cc1. The number of aliphatic carboxylic acids is 1. The van der Waals surface area contributed by atoms with E-state index in [9.17, 15) is 27.6 Å². The number of amides is 3. The van der Waals surface area contributed by atoms with Gasteiger partial charge in [0.1, 0.15) is 17.7 Å². The number of anilines is 2. The van der Waals surface area contributed by atoms with Crippen molar-refractivity contribution in [2.45, 2.75) is 50.7 Å². The Morgan fingerprint density at radius 2 is 1.64 bits per heavy atom. The number of nitrogens with zero attached hydrogens (tertiary/aromatic N) is 5. The number of hydrogen-bond acceptors (Lipinski definition) is 8. The highest BCUT2D eigenvalue weighted by Gasteiger charge is 2.40. The number of carbonyl (C=O) groups is 3. The summed E-state index contributed by atoms with van der Waals surface area (Å²) in [5, 5.41) is 25.6. The number of halogens is 3. The first-order chi connectivity index (χ1) is 21.0. The molecule has 236 valence electrons. The molecule has 0 bridgehead atoms. The highest BCUT2D eigenvalue weighted by Crippen LogP contribution is 2.34. The average Bonchev–Trinajstić information content (AvgIpc) is 2.96. The Balaban J connectivity index is 1.31. The fraction of sp³-hybridized carbons (Fsp3) is 0.517. The maximum atomic E-state index is 13.8. The van der Waals surface area contributed by atoms with Crippen molar-refractivity contribution >= 4 is 29.5 Å². The third-order valence-corrected chi connectivity index (χ3v) is 7.77. The Hall–Kier alpha value is -4.61. The van der Waals surface area contributed by atoms with Crippen LogP contribution in [0.15, 0.2) is 30.3 Å². The molecule has 3 amide bonds. The molecule has 1 aromatic heterocycles.